The molecule has 0 fully saturated rings. The van der Waals surface area contributed by atoms with Crippen molar-refractivity contribution in [1.29, 1.82) is 0 Å². The minimum atomic E-state index is -0.368. The van der Waals surface area contributed by atoms with E-state index < -0.39 is 0 Å². The molecule has 2 aromatic rings. The number of carbonyl (C=O) groups excluding carboxylic acids is 2. The van der Waals surface area contributed by atoms with Crippen molar-refractivity contribution < 1.29 is 18.9 Å². The van der Waals surface area contributed by atoms with E-state index in [1.54, 1.807) is 0 Å². The molecule has 3 N–H and O–H groups in total. The first-order chi connectivity index (χ1) is 12.1. The number of amides is 2. The third-order valence-electron chi connectivity index (χ3n) is 3.78. The smallest absolute Gasteiger partial charge is 0.275 e. The van der Waals surface area contributed by atoms with Crippen LogP contribution < -0.4 is 15.5 Å². The minimum Gasteiger partial charge on any atom is -0.342 e. The summed E-state index contributed by atoms with van der Waals surface area (Å²) in [7, 11) is 0. The summed E-state index contributed by atoms with van der Waals surface area (Å²) < 4.78 is 12.8. The lowest BCUT2D eigenvalue weighted by atomic mass is 10.2. The Bertz CT molecular complexity index is 690. The van der Waals surface area contributed by atoms with Gasteiger partial charge in [-0.2, -0.15) is 0 Å². The zero-order valence-corrected chi connectivity index (χ0v) is 14.2. The molecule has 0 spiro atoms. The van der Waals surface area contributed by atoms with Crippen molar-refractivity contribution in [3.63, 3.8) is 0 Å². The summed E-state index contributed by atoms with van der Waals surface area (Å²) >= 11 is 0. The highest BCUT2D eigenvalue weighted by atomic mass is 19.1. The molecule has 0 heterocycles. The first-order valence-corrected chi connectivity index (χ1v) is 8.26. The van der Waals surface area contributed by atoms with E-state index in [-0.39, 0.29) is 24.2 Å². The van der Waals surface area contributed by atoms with Crippen molar-refractivity contribution in [2.45, 2.75) is 13.5 Å². The molecule has 0 aromatic heterocycles. The number of hydrogen-bond donors (Lipinski definition) is 3. The molecule has 2 amide bonds. The second kappa shape index (κ2) is 9.54. The molecule has 0 aliphatic heterocycles. The van der Waals surface area contributed by atoms with Crippen molar-refractivity contribution in [3.05, 3.63) is 66.0 Å². The second-order valence-corrected chi connectivity index (χ2v) is 5.77. The monoisotopic (exact) mass is 344 g/mol. The van der Waals surface area contributed by atoms with Gasteiger partial charge in [0.2, 0.25) is 5.91 Å². The Labute approximate surface area is 146 Å². The number of hydrogen-bond acceptors (Lipinski definition) is 2. The number of anilines is 1. The Hall–Kier alpha value is -2.73. The molecular weight excluding hydrogens is 321 g/mol. The van der Waals surface area contributed by atoms with Crippen LogP contribution in [0.15, 0.2) is 54.6 Å². The molecule has 25 heavy (non-hydrogen) atoms. The number of quaternary nitrogens is 1. The normalized spacial score (nSPS) is 11.6. The Morgan fingerprint density at radius 3 is 2.32 bits per heavy atom. The fraction of sp³-hybridized carbons (Fsp3) is 0.263. The minimum absolute atomic E-state index is 0.113. The van der Waals surface area contributed by atoms with Gasteiger partial charge < -0.3 is 15.5 Å². The van der Waals surface area contributed by atoms with Crippen molar-refractivity contribution in [1.82, 2.24) is 5.32 Å². The second-order valence-electron chi connectivity index (χ2n) is 5.77. The van der Waals surface area contributed by atoms with Crippen molar-refractivity contribution in [2.24, 2.45) is 0 Å². The van der Waals surface area contributed by atoms with Gasteiger partial charge in [-0.1, -0.05) is 30.3 Å². The Kier molecular flexibility index (Phi) is 7.10. The zero-order chi connectivity index (χ0) is 18.1. The average molecular weight is 344 g/mol. The van der Waals surface area contributed by atoms with Crippen LogP contribution in [0.3, 0.4) is 0 Å². The zero-order valence-electron chi connectivity index (χ0n) is 14.2. The Morgan fingerprint density at radius 2 is 1.68 bits per heavy atom. The summed E-state index contributed by atoms with van der Waals surface area (Å²) in [6, 6.07) is 15.4. The van der Waals surface area contributed by atoms with Gasteiger partial charge >= 0.3 is 0 Å². The van der Waals surface area contributed by atoms with Crippen LogP contribution in [0, 0.1) is 5.82 Å². The quantitative estimate of drug-likeness (QED) is 0.669. The van der Waals surface area contributed by atoms with E-state index in [1.807, 2.05) is 37.3 Å². The molecule has 2 aromatic carbocycles. The molecule has 0 aliphatic rings. The van der Waals surface area contributed by atoms with Crippen LogP contribution in [0.5, 0.6) is 0 Å². The standard InChI is InChI=1S/C19H22FN3O2/c1-2-23(13-15-6-4-3-5-7-15)14-19(25)21-12-18(24)22-17-10-8-16(20)9-11-17/h3-11H,2,12-14H2,1H3,(H,21,25)(H,22,24)/p+1. The predicted octanol–water partition coefficient (Wildman–Crippen LogP) is 0.985. The van der Waals surface area contributed by atoms with Crippen LogP contribution in [0.4, 0.5) is 10.1 Å². The van der Waals surface area contributed by atoms with E-state index in [4.69, 9.17) is 0 Å². The number of carbonyl (C=O) groups is 2. The number of halogens is 1. The van der Waals surface area contributed by atoms with E-state index in [2.05, 4.69) is 10.6 Å². The van der Waals surface area contributed by atoms with Gasteiger partial charge in [0.1, 0.15) is 12.4 Å². The lowest BCUT2D eigenvalue weighted by molar-refractivity contribution is -0.904. The molecule has 5 nitrogen and oxygen atoms in total. The maximum atomic E-state index is 12.8. The van der Waals surface area contributed by atoms with Gasteiger partial charge in [0, 0.05) is 11.3 Å². The Morgan fingerprint density at radius 1 is 1.00 bits per heavy atom. The van der Waals surface area contributed by atoms with Crippen molar-refractivity contribution in [2.75, 3.05) is 25.0 Å². The van der Waals surface area contributed by atoms with Crippen molar-refractivity contribution >= 4 is 17.5 Å². The van der Waals surface area contributed by atoms with Gasteiger partial charge in [0.25, 0.3) is 5.91 Å². The first-order valence-electron chi connectivity index (χ1n) is 8.26. The molecule has 0 saturated carbocycles. The third kappa shape index (κ3) is 6.73. The lowest BCUT2D eigenvalue weighted by Crippen LogP contribution is -3.11. The maximum Gasteiger partial charge on any atom is 0.275 e. The highest BCUT2D eigenvalue weighted by molar-refractivity contribution is 5.94. The van der Waals surface area contributed by atoms with Gasteiger partial charge in [-0.25, -0.2) is 4.39 Å². The highest BCUT2D eigenvalue weighted by Crippen LogP contribution is 2.07. The van der Waals surface area contributed by atoms with E-state index in [1.165, 1.54) is 29.8 Å². The molecule has 132 valence electrons. The van der Waals surface area contributed by atoms with Crippen LogP contribution in [0.2, 0.25) is 0 Å². The lowest BCUT2D eigenvalue weighted by Gasteiger charge is -2.17. The average Bonchev–Trinajstić information content (AvgIpc) is 2.62. The number of benzene rings is 2. The maximum absolute atomic E-state index is 12.8. The van der Waals surface area contributed by atoms with E-state index >= 15 is 0 Å². The SMILES string of the molecule is CC[NH+](CC(=O)NCC(=O)Nc1ccc(F)cc1)Cc1ccccc1. The van der Waals surface area contributed by atoms with Gasteiger partial charge in [-0.3, -0.25) is 9.59 Å². The van der Waals surface area contributed by atoms with Crippen LogP contribution in [-0.2, 0) is 16.1 Å². The first kappa shape index (κ1) is 18.6. The summed E-state index contributed by atoms with van der Waals surface area (Å²) in [5.74, 6) is -0.893. The van der Waals surface area contributed by atoms with Gasteiger partial charge in [-0.15, -0.1) is 0 Å². The molecular formula is C19H23FN3O2+. The van der Waals surface area contributed by atoms with Gasteiger partial charge in [0.15, 0.2) is 6.54 Å². The Balaban J connectivity index is 1.74. The fourth-order valence-corrected chi connectivity index (χ4v) is 2.40. The molecule has 1 atom stereocenters. The van der Waals surface area contributed by atoms with Gasteiger partial charge in [-0.05, 0) is 31.2 Å². The summed E-state index contributed by atoms with van der Waals surface area (Å²) in [4.78, 5) is 25.0. The van der Waals surface area contributed by atoms with E-state index in [0.29, 0.717) is 12.2 Å². The number of rotatable bonds is 8. The number of likely N-dealkylation sites (N-methyl/N-ethyl adjacent to an activating group) is 1. The van der Waals surface area contributed by atoms with Crippen LogP contribution >= 0.6 is 0 Å². The van der Waals surface area contributed by atoms with Crippen LogP contribution in [0.25, 0.3) is 0 Å². The fourth-order valence-electron chi connectivity index (χ4n) is 2.40. The van der Waals surface area contributed by atoms with E-state index in [9.17, 15) is 14.0 Å². The molecule has 0 bridgehead atoms. The molecule has 2 rings (SSSR count). The number of nitrogens with one attached hydrogen (secondary N) is 3. The molecule has 0 radical (unpaired) electrons. The van der Waals surface area contributed by atoms with Crippen molar-refractivity contribution in [3.8, 4) is 0 Å². The molecule has 6 heteroatoms. The molecule has 1 unspecified atom stereocenters. The topological polar surface area (TPSA) is 62.6 Å². The third-order valence-corrected chi connectivity index (χ3v) is 3.78. The van der Waals surface area contributed by atoms with Gasteiger partial charge in [0.05, 0.1) is 13.1 Å². The molecule has 0 saturated heterocycles. The predicted molar refractivity (Wildman–Crippen MR) is 94.6 cm³/mol. The summed E-state index contributed by atoms with van der Waals surface area (Å²) in [6.07, 6.45) is 0. The largest absolute Gasteiger partial charge is 0.342 e. The van der Waals surface area contributed by atoms with Crippen LogP contribution in [0.1, 0.15) is 12.5 Å². The molecule has 0 aliphatic carbocycles. The van der Waals surface area contributed by atoms with Crippen LogP contribution in [-0.4, -0.2) is 31.4 Å². The summed E-state index contributed by atoms with van der Waals surface area (Å²) in [6.45, 7) is 3.77. The summed E-state index contributed by atoms with van der Waals surface area (Å²) in [5, 5.41) is 5.22. The van der Waals surface area contributed by atoms with E-state index in [0.717, 1.165) is 18.0 Å². The summed E-state index contributed by atoms with van der Waals surface area (Å²) in [5.41, 5.74) is 1.66. The highest BCUT2D eigenvalue weighted by Gasteiger charge is 2.14.